The number of rotatable bonds is 6. The van der Waals surface area contributed by atoms with Crippen LogP contribution in [0.4, 0.5) is 0 Å². The predicted octanol–water partition coefficient (Wildman–Crippen LogP) is 4.83. The van der Waals surface area contributed by atoms with Gasteiger partial charge in [0.15, 0.2) is 0 Å². The molecule has 4 aliphatic carbocycles. The number of aliphatic carboxylic acids is 1. The van der Waals surface area contributed by atoms with Gasteiger partial charge in [-0.3, -0.25) is 4.79 Å². The fourth-order valence-electron chi connectivity index (χ4n) is 7.94. The number of ether oxygens (including phenoxy) is 1. The van der Waals surface area contributed by atoms with Gasteiger partial charge in [0.2, 0.25) is 0 Å². The molecule has 0 radical (unpaired) electrons. The molecular formula is C24H33NO3. The third-order valence-corrected chi connectivity index (χ3v) is 8.85. The first-order valence-corrected chi connectivity index (χ1v) is 10.9. The second-order valence-electron chi connectivity index (χ2n) is 10.00. The van der Waals surface area contributed by atoms with Crippen molar-refractivity contribution in [3.8, 4) is 6.07 Å². The normalized spacial score (nSPS) is 46.1. The highest BCUT2D eigenvalue weighted by Gasteiger charge is 2.84. The fourth-order valence-corrected chi connectivity index (χ4v) is 7.94. The average Bonchev–Trinajstić information content (AvgIpc) is 3.22. The summed E-state index contributed by atoms with van der Waals surface area (Å²) in [6.07, 6.45) is 9.82. The highest BCUT2D eigenvalue weighted by Crippen LogP contribution is 2.83. The molecule has 4 heteroatoms. The van der Waals surface area contributed by atoms with Crippen LogP contribution in [-0.4, -0.2) is 24.3 Å². The number of fused-ring (bicyclic) bond motifs is 2. The molecule has 0 heterocycles. The Kier molecular flexibility index (Phi) is 4.54. The first-order valence-electron chi connectivity index (χ1n) is 10.9. The van der Waals surface area contributed by atoms with Crippen molar-refractivity contribution in [3.05, 3.63) is 23.8 Å². The van der Waals surface area contributed by atoms with Crippen LogP contribution in [0.1, 0.15) is 53.4 Å². The van der Waals surface area contributed by atoms with Crippen molar-refractivity contribution >= 4 is 5.97 Å². The Morgan fingerprint density at radius 3 is 2.79 bits per heavy atom. The summed E-state index contributed by atoms with van der Waals surface area (Å²) >= 11 is 0. The molecule has 0 saturated heterocycles. The van der Waals surface area contributed by atoms with E-state index in [1.807, 2.05) is 19.1 Å². The van der Waals surface area contributed by atoms with Crippen molar-refractivity contribution < 1.29 is 14.6 Å². The van der Waals surface area contributed by atoms with Crippen molar-refractivity contribution in [2.45, 2.75) is 53.4 Å². The lowest BCUT2D eigenvalue weighted by Crippen LogP contribution is -2.62. The van der Waals surface area contributed by atoms with Gasteiger partial charge in [-0.05, 0) is 55.8 Å². The van der Waals surface area contributed by atoms with E-state index in [2.05, 4.69) is 32.9 Å². The fraction of sp³-hybridized carbons (Fsp3) is 0.750. The van der Waals surface area contributed by atoms with Gasteiger partial charge in [-0.2, -0.15) is 5.26 Å². The number of nitrogens with zero attached hydrogens (tertiary/aromatic N) is 1. The molecular weight excluding hydrogens is 350 g/mol. The Morgan fingerprint density at radius 2 is 2.18 bits per heavy atom. The molecule has 0 aliphatic heterocycles. The molecule has 4 nitrogen and oxygen atoms in total. The second kappa shape index (κ2) is 6.46. The number of hydrogen-bond donors (Lipinski definition) is 1. The van der Waals surface area contributed by atoms with Crippen LogP contribution in [0.25, 0.3) is 0 Å². The van der Waals surface area contributed by atoms with Crippen LogP contribution in [-0.2, 0) is 9.53 Å². The maximum Gasteiger partial charge on any atom is 0.316 e. The number of hydrogen-bond acceptors (Lipinski definition) is 3. The van der Waals surface area contributed by atoms with Crippen molar-refractivity contribution in [3.63, 3.8) is 0 Å². The van der Waals surface area contributed by atoms with Crippen LogP contribution in [0.2, 0.25) is 0 Å². The summed E-state index contributed by atoms with van der Waals surface area (Å²) in [4.78, 5) is 13.2. The van der Waals surface area contributed by atoms with Gasteiger partial charge in [0.05, 0.1) is 24.7 Å². The van der Waals surface area contributed by atoms with Crippen LogP contribution in [0.5, 0.6) is 0 Å². The topological polar surface area (TPSA) is 70.3 Å². The van der Waals surface area contributed by atoms with Crippen molar-refractivity contribution in [1.82, 2.24) is 0 Å². The first-order chi connectivity index (χ1) is 13.3. The van der Waals surface area contributed by atoms with Gasteiger partial charge in [0, 0.05) is 5.41 Å². The SMILES string of the molecule is CC=CCOCC12CC3C(C)CCC3C3(C#N)CC1C=C(C(C)C)C32C(=O)O. The molecule has 3 fully saturated rings. The largest absolute Gasteiger partial charge is 0.481 e. The van der Waals surface area contributed by atoms with Crippen LogP contribution in [0, 0.1) is 57.2 Å². The molecule has 4 rings (SSSR count). The van der Waals surface area contributed by atoms with Crippen LogP contribution < -0.4 is 0 Å². The van der Waals surface area contributed by atoms with Crippen molar-refractivity contribution in [2.75, 3.05) is 13.2 Å². The van der Waals surface area contributed by atoms with Crippen molar-refractivity contribution in [1.29, 1.82) is 5.26 Å². The molecule has 3 saturated carbocycles. The molecule has 0 aromatic heterocycles. The average molecular weight is 384 g/mol. The van der Waals surface area contributed by atoms with Gasteiger partial charge in [-0.15, -0.1) is 0 Å². The maximum absolute atomic E-state index is 13.2. The van der Waals surface area contributed by atoms with E-state index in [0.29, 0.717) is 31.5 Å². The third-order valence-electron chi connectivity index (χ3n) is 8.85. The summed E-state index contributed by atoms with van der Waals surface area (Å²) in [6.45, 7) is 9.36. The van der Waals surface area contributed by atoms with E-state index in [1.54, 1.807) is 0 Å². The van der Waals surface area contributed by atoms with Crippen LogP contribution >= 0.6 is 0 Å². The van der Waals surface area contributed by atoms with E-state index in [4.69, 9.17) is 4.74 Å². The lowest BCUT2D eigenvalue weighted by atomic mass is 9.43. The molecule has 7 unspecified atom stereocenters. The van der Waals surface area contributed by atoms with Gasteiger partial charge in [0.1, 0.15) is 5.41 Å². The molecule has 7 atom stereocenters. The Morgan fingerprint density at radius 1 is 1.43 bits per heavy atom. The van der Waals surface area contributed by atoms with E-state index < -0.39 is 22.2 Å². The summed E-state index contributed by atoms with van der Waals surface area (Å²) in [5.41, 5.74) is -1.40. The molecule has 4 aliphatic rings. The summed E-state index contributed by atoms with van der Waals surface area (Å²) in [6, 6.07) is 2.67. The van der Waals surface area contributed by atoms with Gasteiger partial charge in [-0.1, -0.05) is 51.0 Å². The monoisotopic (exact) mass is 383 g/mol. The van der Waals surface area contributed by atoms with Crippen LogP contribution in [0.3, 0.4) is 0 Å². The summed E-state index contributed by atoms with van der Waals surface area (Å²) < 4.78 is 6.10. The zero-order valence-corrected chi connectivity index (χ0v) is 17.6. The molecule has 0 spiro atoms. The Balaban J connectivity index is 1.91. The number of allylic oxidation sites excluding steroid dienone is 2. The zero-order valence-electron chi connectivity index (χ0n) is 17.6. The molecule has 28 heavy (non-hydrogen) atoms. The molecule has 4 bridgehead atoms. The summed E-state index contributed by atoms with van der Waals surface area (Å²) in [5.74, 6) is 0.644. The van der Waals surface area contributed by atoms with Crippen LogP contribution in [0.15, 0.2) is 23.8 Å². The Hall–Kier alpha value is -1.60. The number of nitriles is 1. The van der Waals surface area contributed by atoms with E-state index in [1.165, 1.54) is 0 Å². The number of carboxylic acids is 1. The van der Waals surface area contributed by atoms with E-state index >= 15 is 0 Å². The minimum Gasteiger partial charge on any atom is -0.481 e. The third kappa shape index (κ3) is 2.02. The van der Waals surface area contributed by atoms with E-state index in [0.717, 1.165) is 24.8 Å². The van der Waals surface area contributed by atoms with Gasteiger partial charge >= 0.3 is 5.97 Å². The number of carboxylic acid groups (broad SMARTS) is 1. The Labute approximate surface area is 168 Å². The van der Waals surface area contributed by atoms with Gasteiger partial charge in [0.25, 0.3) is 0 Å². The summed E-state index contributed by atoms with van der Waals surface area (Å²) in [5, 5.41) is 21.4. The first kappa shape index (κ1) is 19.7. The number of carbonyl (C=O) groups is 1. The molecule has 152 valence electrons. The second-order valence-corrected chi connectivity index (χ2v) is 10.00. The highest BCUT2D eigenvalue weighted by molar-refractivity contribution is 5.85. The minimum atomic E-state index is -1.10. The lowest BCUT2D eigenvalue weighted by Gasteiger charge is -2.57. The van der Waals surface area contributed by atoms with Crippen molar-refractivity contribution in [2.24, 2.45) is 45.8 Å². The molecule has 0 aromatic rings. The van der Waals surface area contributed by atoms with Gasteiger partial charge < -0.3 is 9.84 Å². The van der Waals surface area contributed by atoms with Gasteiger partial charge in [-0.25, -0.2) is 0 Å². The smallest absolute Gasteiger partial charge is 0.316 e. The standard InChI is InChI=1S/C24H33NO3/c1-5-6-9-28-14-23-12-18-16(4)7-8-19(18)22(13-25)11-17(23)10-20(15(2)3)24(22,23)21(26)27/h5-6,10,15-19H,7-9,11-12,14H2,1-4H3,(H,26,27). The quantitative estimate of drug-likeness (QED) is 0.527. The zero-order chi connectivity index (χ0) is 20.3. The van der Waals surface area contributed by atoms with E-state index in [9.17, 15) is 15.2 Å². The molecule has 1 N–H and O–H groups in total. The molecule has 0 aromatic carbocycles. The van der Waals surface area contributed by atoms with E-state index in [-0.39, 0.29) is 17.8 Å². The predicted molar refractivity (Wildman–Crippen MR) is 107 cm³/mol. The highest BCUT2D eigenvalue weighted by atomic mass is 16.5. The maximum atomic E-state index is 13.2. The molecule has 0 amide bonds. The summed E-state index contributed by atoms with van der Waals surface area (Å²) in [7, 11) is 0. The lowest BCUT2D eigenvalue weighted by molar-refractivity contribution is -0.178. The Bertz CT molecular complexity index is 777. The minimum absolute atomic E-state index is 0.124.